The smallest absolute Gasteiger partial charge is 0.406 e. The van der Waals surface area contributed by atoms with E-state index in [1.54, 1.807) is 48.9 Å². The fourth-order valence-electron chi connectivity index (χ4n) is 1.98. The molecule has 1 aromatic carbocycles. The fraction of sp³-hybridized carbons (Fsp3) is 0.200. The molecule has 1 aromatic heterocycles. The third kappa shape index (κ3) is 6.86. The Labute approximate surface area is 156 Å². The van der Waals surface area contributed by atoms with E-state index in [0.29, 0.717) is 11.4 Å². The lowest BCUT2D eigenvalue weighted by Gasteiger charge is -2.15. The molecular formula is C20H18F3N3O. The predicted octanol–water partition coefficient (Wildman–Crippen LogP) is 4.71. The third-order valence-corrected chi connectivity index (χ3v) is 3.37. The number of nitrogens with zero attached hydrogens (tertiary/aromatic N) is 3. The van der Waals surface area contributed by atoms with E-state index in [1.165, 1.54) is 12.1 Å². The maximum absolute atomic E-state index is 12.2. The second kappa shape index (κ2) is 8.90. The molecule has 0 N–H and O–H groups in total. The van der Waals surface area contributed by atoms with Crippen LogP contribution >= 0.6 is 0 Å². The maximum atomic E-state index is 12.2. The molecule has 0 amide bonds. The molecule has 0 unspecified atom stereocenters. The van der Waals surface area contributed by atoms with Crippen LogP contribution in [0.5, 0.6) is 5.75 Å². The van der Waals surface area contributed by atoms with Gasteiger partial charge in [-0.25, -0.2) is 4.98 Å². The summed E-state index contributed by atoms with van der Waals surface area (Å²) in [5.41, 5.74) is 3.10. The lowest BCUT2D eigenvalue weighted by molar-refractivity contribution is -0.274. The van der Waals surface area contributed by atoms with Crippen LogP contribution in [-0.2, 0) is 0 Å². The van der Waals surface area contributed by atoms with Gasteiger partial charge in [-0.3, -0.25) is 4.98 Å². The highest BCUT2D eigenvalue weighted by Crippen LogP contribution is 2.25. The van der Waals surface area contributed by atoms with Gasteiger partial charge >= 0.3 is 6.36 Å². The average molecular weight is 373 g/mol. The van der Waals surface area contributed by atoms with Gasteiger partial charge in [0.2, 0.25) is 0 Å². The molecule has 0 saturated heterocycles. The third-order valence-electron chi connectivity index (χ3n) is 3.37. The molecule has 0 spiro atoms. The molecule has 2 aromatic rings. The van der Waals surface area contributed by atoms with Crippen molar-refractivity contribution in [2.24, 2.45) is 0 Å². The van der Waals surface area contributed by atoms with Crippen LogP contribution < -0.4 is 9.64 Å². The van der Waals surface area contributed by atoms with Gasteiger partial charge in [-0.1, -0.05) is 11.5 Å². The number of rotatable bonds is 4. The number of hydrogen-bond donors (Lipinski definition) is 0. The van der Waals surface area contributed by atoms with Crippen LogP contribution in [0.4, 0.5) is 18.9 Å². The van der Waals surface area contributed by atoms with Gasteiger partial charge in [0.1, 0.15) is 11.4 Å². The molecule has 0 fully saturated rings. The van der Waals surface area contributed by atoms with Crippen LogP contribution in [0, 0.1) is 11.8 Å². The van der Waals surface area contributed by atoms with Gasteiger partial charge in [-0.05, 0) is 50.1 Å². The Morgan fingerprint density at radius 3 is 2.41 bits per heavy atom. The highest BCUT2D eigenvalue weighted by molar-refractivity contribution is 5.53. The highest BCUT2D eigenvalue weighted by atomic mass is 19.4. The summed E-state index contributed by atoms with van der Waals surface area (Å²) in [7, 11) is 1.79. The Morgan fingerprint density at radius 1 is 1.15 bits per heavy atom. The molecule has 0 aliphatic rings. The molecule has 0 aliphatic heterocycles. The van der Waals surface area contributed by atoms with Crippen molar-refractivity contribution in [3.8, 4) is 17.6 Å². The number of anilines is 1. The van der Waals surface area contributed by atoms with E-state index in [0.717, 1.165) is 11.1 Å². The van der Waals surface area contributed by atoms with Crippen LogP contribution in [0.1, 0.15) is 19.5 Å². The van der Waals surface area contributed by atoms with Gasteiger partial charge in [-0.2, -0.15) is 0 Å². The summed E-state index contributed by atoms with van der Waals surface area (Å²) in [6.07, 6.45) is 3.64. The van der Waals surface area contributed by atoms with Crippen molar-refractivity contribution < 1.29 is 17.9 Å². The molecule has 2 rings (SSSR count). The van der Waals surface area contributed by atoms with Crippen LogP contribution in [0.3, 0.4) is 0 Å². The predicted molar refractivity (Wildman–Crippen MR) is 98.0 cm³/mol. The molecule has 7 heteroatoms. The Morgan fingerprint density at radius 2 is 1.85 bits per heavy atom. The Bertz CT molecular complexity index is 873. The summed E-state index contributed by atoms with van der Waals surface area (Å²) in [6, 6.07) is 5.61. The Balaban J connectivity index is 2.10. The summed E-state index contributed by atoms with van der Waals surface area (Å²) in [5.74, 6) is 5.73. The normalized spacial score (nSPS) is 10.9. The van der Waals surface area contributed by atoms with Crippen molar-refractivity contribution in [3.05, 3.63) is 72.0 Å². The van der Waals surface area contributed by atoms with Gasteiger partial charge in [0.05, 0.1) is 6.20 Å². The number of ether oxygens (including phenoxy) is 1. The highest BCUT2D eigenvalue weighted by Gasteiger charge is 2.30. The Hall–Kier alpha value is -3.27. The first-order chi connectivity index (χ1) is 12.7. The van der Waals surface area contributed by atoms with E-state index in [2.05, 4.69) is 26.5 Å². The van der Waals surface area contributed by atoms with E-state index in [4.69, 9.17) is 0 Å². The van der Waals surface area contributed by atoms with Crippen molar-refractivity contribution in [1.29, 1.82) is 0 Å². The van der Waals surface area contributed by atoms with Gasteiger partial charge in [-0.15, -0.1) is 13.2 Å². The molecule has 0 radical (unpaired) electrons. The summed E-state index contributed by atoms with van der Waals surface area (Å²) in [4.78, 5) is 9.83. The van der Waals surface area contributed by atoms with Crippen molar-refractivity contribution >= 4 is 5.69 Å². The van der Waals surface area contributed by atoms with Gasteiger partial charge in [0.15, 0.2) is 0 Å². The van der Waals surface area contributed by atoms with Crippen molar-refractivity contribution in [1.82, 2.24) is 9.97 Å². The molecule has 1 heterocycles. The van der Waals surface area contributed by atoms with Gasteiger partial charge < -0.3 is 9.64 Å². The summed E-state index contributed by atoms with van der Waals surface area (Å²) < 4.78 is 40.5. The van der Waals surface area contributed by atoms with E-state index >= 15 is 0 Å². The number of hydrogen-bond acceptors (Lipinski definition) is 4. The topological polar surface area (TPSA) is 38.2 Å². The van der Waals surface area contributed by atoms with Crippen LogP contribution in [-0.4, -0.2) is 23.4 Å². The summed E-state index contributed by atoms with van der Waals surface area (Å²) >= 11 is 0. The largest absolute Gasteiger partial charge is 0.573 e. The molecule has 0 atom stereocenters. The van der Waals surface area contributed by atoms with E-state index < -0.39 is 6.36 Å². The number of allylic oxidation sites excluding steroid dienone is 3. The molecule has 0 saturated carbocycles. The average Bonchev–Trinajstić information content (AvgIpc) is 2.61. The molecule has 4 nitrogen and oxygen atoms in total. The lowest BCUT2D eigenvalue weighted by atomic mass is 10.1. The van der Waals surface area contributed by atoms with E-state index in [1.807, 2.05) is 19.9 Å². The number of benzene rings is 1. The van der Waals surface area contributed by atoms with Crippen LogP contribution in [0.15, 0.2) is 66.3 Å². The summed E-state index contributed by atoms with van der Waals surface area (Å²) in [5, 5.41) is 0. The number of alkyl halides is 3. The zero-order chi connectivity index (χ0) is 19.9. The second-order valence-electron chi connectivity index (χ2n) is 5.72. The molecular weight excluding hydrogens is 355 g/mol. The quantitative estimate of drug-likeness (QED) is 0.575. The maximum Gasteiger partial charge on any atom is 0.573 e. The van der Waals surface area contributed by atoms with Crippen LogP contribution in [0.25, 0.3) is 0 Å². The van der Waals surface area contributed by atoms with Gasteiger partial charge in [0.25, 0.3) is 0 Å². The van der Waals surface area contributed by atoms with Crippen LogP contribution in [0.2, 0.25) is 0 Å². The molecule has 0 bridgehead atoms. The minimum atomic E-state index is -4.70. The Kier molecular flexibility index (Phi) is 6.61. The standard InChI is InChI=1S/C20H18F3N3O/c1-15(2)16(4-5-17-14-24-11-12-25-17)10-13-26(3)18-6-8-19(9-7-18)27-20(21,22)23/h6-14H,1-3H3/b13-10-. The van der Waals surface area contributed by atoms with E-state index in [-0.39, 0.29) is 5.75 Å². The summed E-state index contributed by atoms with van der Waals surface area (Å²) in [6.45, 7) is 3.88. The first kappa shape index (κ1) is 20.0. The first-order valence-electron chi connectivity index (χ1n) is 7.97. The molecule has 0 aliphatic carbocycles. The second-order valence-corrected chi connectivity index (χ2v) is 5.72. The first-order valence-corrected chi connectivity index (χ1v) is 7.97. The number of halogens is 3. The minimum Gasteiger partial charge on any atom is -0.406 e. The number of aromatic nitrogens is 2. The molecule has 140 valence electrons. The van der Waals surface area contributed by atoms with Crippen molar-refractivity contribution in [3.63, 3.8) is 0 Å². The lowest BCUT2D eigenvalue weighted by Crippen LogP contribution is -2.17. The van der Waals surface area contributed by atoms with Crippen molar-refractivity contribution in [2.75, 3.05) is 11.9 Å². The molecule has 27 heavy (non-hydrogen) atoms. The fourth-order valence-corrected chi connectivity index (χ4v) is 1.98. The SMILES string of the molecule is CC(C)=C(C#Cc1cnccn1)/C=C\N(C)c1ccc(OC(F)(F)F)cc1. The van der Waals surface area contributed by atoms with Gasteiger partial charge in [0, 0.05) is 36.9 Å². The van der Waals surface area contributed by atoms with Crippen molar-refractivity contribution in [2.45, 2.75) is 20.2 Å². The van der Waals surface area contributed by atoms with E-state index in [9.17, 15) is 13.2 Å². The zero-order valence-corrected chi connectivity index (χ0v) is 15.1. The minimum absolute atomic E-state index is 0.261. The zero-order valence-electron chi connectivity index (χ0n) is 15.1. The monoisotopic (exact) mass is 373 g/mol.